The van der Waals surface area contributed by atoms with Gasteiger partial charge in [-0.25, -0.2) is 4.98 Å². The van der Waals surface area contributed by atoms with Crippen molar-refractivity contribution in [3.8, 4) is 0 Å². The molecule has 1 atom stereocenters. The number of aromatic nitrogens is 1. The molecule has 0 saturated heterocycles. The molecule has 0 fully saturated rings. The van der Waals surface area contributed by atoms with Crippen molar-refractivity contribution in [1.82, 2.24) is 10.3 Å². The highest BCUT2D eigenvalue weighted by Gasteiger charge is 2.13. The third-order valence-electron chi connectivity index (χ3n) is 3.67. The summed E-state index contributed by atoms with van der Waals surface area (Å²) in [6.45, 7) is 6.15. The Morgan fingerprint density at radius 1 is 1.29 bits per heavy atom. The molecule has 0 aliphatic carbocycles. The molecule has 0 spiro atoms. The molecule has 21 heavy (non-hydrogen) atoms. The van der Waals surface area contributed by atoms with Crippen LogP contribution in [0.15, 0.2) is 30.3 Å². The van der Waals surface area contributed by atoms with Crippen LogP contribution in [-0.4, -0.2) is 16.9 Å². The Morgan fingerprint density at radius 3 is 2.86 bits per heavy atom. The van der Waals surface area contributed by atoms with Crippen molar-refractivity contribution in [1.29, 1.82) is 0 Å². The number of benzene rings is 1. The zero-order valence-corrected chi connectivity index (χ0v) is 13.3. The number of pyridine rings is 1. The molecule has 4 heteroatoms. The van der Waals surface area contributed by atoms with E-state index in [-0.39, 0.29) is 11.9 Å². The Kier molecular flexibility index (Phi) is 3.64. The zero-order chi connectivity index (χ0) is 15.0. The Balaban J connectivity index is 2.03. The van der Waals surface area contributed by atoms with Gasteiger partial charge in [-0.15, -0.1) is 11.3 Å². The fourth-order valence-corrected chi connectivity index (χ4v) is 3.19. The van der Waals surface area contributed by atoms with Gasteiger partial charge in [0.05, 0.1) is 10.4 Å². The average molecular weight is 298 g/mol. The quantitative estimate of drug-likeness (QED) is 0.784. The number of nitrogens with zero attached hydrogens (tertiary/aromatic N) is 1. The largest absolute Gasteiger partial charge is 0.349 e. The molecule has 0 aliphatic heterocycles. The van der Waals surface area contributed by atoms with Crippen LogP contribution in [0.2, 0.25) is 0 Å². The van der Waals surface area contributed by atoms with E-state index >= 15 is 0 Å². The summed E-state index contributed by atoms with van der Waals surface area (Å²) in [6, 6.07) is 10.5. The summed E-state index contributed by atoms with van der Waals surface area (Å²) < 4.78 is 0. The maximum Gasteiger partial charge on any atom is 0.261 e. The smallest absolute Gasteiger partial charge is 0.261 e. The number of amides is 1. The predicted molar refractivity (Wildman–Crippen MR) is 89.1 cm³/mol. The highest BCUT2D eigenvalue weighted by atomic mass is 32.1. The number of rotatable bonds is 3. The molecule has 2 heterocycles. The topological polar surface area (TPSA) is 42.0 Å². The second-order valence-corrected chi connectivity index (χ2v) is 6.50. The van der Waals surface area contributed by atoms with Crippen molar-refractivity contribution in [2.24, 2.45) is 0 Å². The fraction of sp³-hybridized carbons (Fsp3) is 0.294. The molecule has 0 unspecified atom stereocenters. The van der Waals surface area contributed by atoms with Gasteiger partial charge < -0.3 is 5.32 Å². The molecule has 1 amide bonds. The maximum atomic E-state index is 12.2. The van der Waals surface area contributed by atoms with Crippen LogP contribution in [0.1, 0.15) is 35.5 Å². The van der Waals surface area contributed by atoms with Crippen molar-refractivity contribution >= 4 is 38.4 Å². The summed E-state index contributed by atoms with van der Waals surface area (Å²) in [4.78, 5) is 18.5. The molecule has 3 rings (SSSR count). The fourth-order valence-electron chi connectivity index (χ4n) is 2.26. The van der Waals surface area contributed by atoms with E-state index in [0.29, 0.717) is 0 Å². The van der Waals surface area contributed by atoms with Crippen molar-refractivity contribution in [3.05, 3.63) is 40.8 Å². The Hall–Kier alpha value is -1.94. The molecule has 2 aromatic heterocycles. The van der Waals surface area contributed by atoms with Crippen LogP contribution in [0.3, 0.4) is 0 Å². The lowest BCUT2D eigenvalue weighted by molar-refractivity contribution is 0.0943. The van der Waals surface area contributed by atoms with E-state index in [0.717, 1.165) is 32.4 Å². The Labute approximate surface area is 128 Å². The van der Waals surface area contributed by atoms with Crippen molar-refractivity contribution in [3.63, 3.8) is 0 Å². The molecule has 0 aliphatic rings. The molecular weight excluding hydrogens is 280 g/mol. The van der Waals surface area contributed by atoms with E-state index in [1.54, 1.807) is 0 Å². The second-order valence-electron chi connectivity index (χ2n) is 5.47. The minimum absolute atomic E-state index is 0.00686. The van der Waals surface area contributed by atoms with Crippen LogP contribution in [0.4, 0.5) is 0 Å². The SMILES string of the molecule is CC[C@@H](C)NC(=O)c1cc2cc3cc(C)ccc3nc2s1. The molecule has 1 aromatic carbocycles. The molecule has 108 valence electrons. The number of carbonyl (C=O) groups is 1. The van der Waals surface area contributed by atoms with Gasteiger partial charge in [0, 0.05) is 16.8 Å². The number of hydrogen-bond acceptors (Lipinski definition) is 3. The summed E-state index contributed by atoms with van der Waals surface area (Å²) in [5.74, 6) is -0.00686. The number of fused-ring (bicyclic) bond motifs is 2. The third-order valence-corrected chi connectivity index (χ3v) is 4.71. The summed E-state index contributed by atoms with van der Waals surface area (Å²) in [7, 11) is 0. The molecule has 0 saturated carbocycles. The number of hydrogen-bond donors (Lipinski definition) is 1. The van der Waals surface area contributed by atoms with Gasteiger partial charge in [-0.1, -0.05) is 18.6 Å². The number of nitrogens with one attached hydrogen (secondary N) is 1. The summed E-state index contributed by atoms with van der Waals surface area (Å²) in [5, 5.41) is 5.16. The number of thiophene rings is 1. The van der Waals surface area contributed by atoms with Crippen molar-refractivity contribution in [2.75, 3.05) is 0 Å². The molecule has 0 bridgehead atoms. The minimum atomic E-state index is -0.00686. The van der Waals surface area contributed by atoms with E-state index in [9.17, 15) is 4.79 Å². The van der Waals surface area contributed by atoms with Crippen LogP contribution in [0, 0.1) is 6.92 Å². The lowest BCUT2D eigenvalue weighted by Crippen LogP contribution is -2.31. The number of carbonyl (C=O) groups excluding carboxylic acids is 1. The van der Waals surface area contributed by atoms with E-state index in [1.807, 2.05) is 19.1 Å². The third kappa shape index (κ3) is 2.76. The van der Waals surface area contributed by atoms with Gasteiger partial charge in [-0.3, -0.25) is 4.79 Å². The van der Waals surface area contributed by atoms with E-state index in [2.05, 4.69) is 42.3 Å². The van der Waals surface area contributed by atoms with Gasteiger partial charge in [0.2, 0.25) is 0 Å². The maximum absolute atomic E-state index is 12.2. The molecular formula is C17H18N2OS. The van der Waals surface area contributed by atoms with Crippen LogP contribution in [0.25, 0.3) is 21.1 Å². The first kappa shape index (κ1) is 14.0. The molecule has 3 aromatic rings. The van der Waals surface area contributed by atoms with Gasteiger partial charge in [0.1, 0.15) is 4.83 Å². The molecule has 3 nitrogen and oxygen atoms in total. The Morgan fingerprint density at radius 2 is 2.10 bits per heavy atom. The van der Waals surface area contributed by atoms with Gasteiger partial charge in [-0.05, 0) is 44.5 Å². The number of aryl methyl sites for hydroxylation is 1. The highest BCUT2D eigenvalue weighted by molar-refractivity contribution is 7.20. The highest BCUT2D eigenvalue weighted by Crippen LogP contribution is 2.27. The summed E-state index contributed by atoms with van der Waals surface area (Å²) >= 11 is 1.45. The van der Waals surface area contributed by atoms with Crippen molar-refractivity contribution < 1.29 is 4.79 Å². The van der Waals surface area contributed by atoms with Gasteiger partial charge in [0.15, 0.2) is 0 Å². The van der Waals surface area contributed by atoms with Crippen LogP contribution < -0.4 is 5.32 Å². The van der Waals surface area contributed by atoms with E-state index < -0.39 is 0 Å². The first-order chi connectivity index (χ1) is 10.1. The lowest BCUT2D eigenvalue weighted by atomic mass is 10.1. The molecule has 0 radical (unpaired) electrons. The lowest BCUT2D eigenvalue weighted by Gasteiger charge is -2.09. The van der Waals surface area contributed by atoms with Crippen molar-refractivity contribution in [2.45, 2.75) is 33.2 Å². The average Bonchev–Trinajstić information content (AvgIpc) is 2.87. The first-order valence-electron chi connectivity index (χ1n) is 7.18. The van der Waals surface area contributed by atoms with Gasteiger partial charge in [-0.2, -0.15) is 0 Å². The Bertz CT molecular complexity index is 822. The zero-order valence-electron chi connectivity index (χ0n) is 12.4. The van der Waals surface area contributed by atoms with Gasteiger partial charge >= 0.3 is 0 Å². The van der Waals surface area contributed by atoms with Crippen LogP contribution >= 0.6 is 11.3 Å². The van der Waals surface area contributed by atoms with Crippen LogP contribution in [0.5, 0.6) is 0 Å². The normalized spacial score (nSPS) is 12.7. The van der Waals surface area contributed by atoms with Crippen LogP contribution in [-0.2, 0) is 0 Å². The monoisotopic (exact) mass is 298 g/mol. The second kappa shape index (κ2) is 5.45. The molecule has 1 N–H and O–H groups in total. The standard InChI is InChI=1S/C17H18N2OS/c1-4-11(3)18-16(20)15-9-13-8-12-7-10(2)5-6-14(12)19-17(13)21-15/h5-9,11H,4H2,1-3H3,(H,18,20)/t11-/m1/s1. The minimum Gasteiger partial charge on any atom is -0.349 e. The predicted octanol–water partition coefficient (Wildman–Crippen LogP) is 4.29. The summed E-state index contributed by atoms with van der Waals surface area (Å²) in [6.07, 6.45) is 0.929. The van der Waals surface area contributed by atoms with E-state index in [1.165, 1.54) is 16.9 Å². The van der Waals surface area contributed by atoms with E-state index in [4.69, 9.17) is 0 Å². The summed E-state index contributed by atoms with van der Waals surface area (Å²) in [5.41, 5.74) is 2.19. The van der Waals surface area contributed by atoms with Gasteiger partial charge in [0.25, 0.3) is 5.91 Å². The first-order valence-corrected chi connectivity index (χ1v) is 8.00.